The minimum atomic E-state index is -4.39. The number of allylic oxidation sites excluding steroid dienone is 1. The van der Waals surface area contributed by atoms with Gasteiger partial charge < -0.3 is 10.4 Å². The maximum atomic E-state index is 12.6. The Balaban J connectivity index is 1.80. The second kappa shape index (κ2) is 7.61. The summed E-state index contributed by atoms with van der Waals surface area (Å²) in [7, 11) is 0. The summed E-state index contributed by atoms with van der Waals surface area (Å²) in [6.45, 7) is 4.98. The zero-order valence-electron chi connectivity index (χ0n) is 16.0. The topological polar surface area (TPSA) is 62.2 Å². The molecule has 8 heteroatoms. The third-order valence-corrected chi connectivity index (χ3v) is 5.48. The smallest absolute Gasteiger partial charge is 0.383 e. The van der Waals surface area contributed by atoms with Crippen LogP contribution in [0, 0.1) is 6.92 Å². The molecule has 1 amide bonds. The maximum Gasteiger partial charge on any atom is 0.409 e. The fourth-order valence-electron chi connectivity index (χ4n) is 2.70. The number of aryl methyl sites for hydroxylation is 1. The van der Waals surface area contributed by atoms with Crippen molar-refractivity contribution in [3.8, 4) is 0 Å². The van der Waals surface area contributed by atoms with Crippen LogP contribution in [0.15, 0.2) is 42.5 Å². The van der Waals surface area contributed by atoms with E-state index in [4.69, 9.17) is 0 Å². The predicted octanol–water partition coefficient (Wildman–Crippen LogP) is 5.66. The monoisotopic (exact) mass is 420 g/mol. The van der Waals surface area contributed by atoms with E-state index in [9.17, 15) is 23.1 Å². The molecule has 2 aromatic carbocycles. The molecule has 29 heavy (non-hydrogen) atoms. The van der Waals surface area contributed by atoms with Crippen LogP contribution >= 0.6 is 11.3 Å². The quantitative estimate of drug-likeness (QED) is 0.573. The standard InChI is InChI=1S/C21H19F3N2O2S/c1-12-10-13(8-9-21(22,23)24)4-6-15(12)18(27)25-14-5-7-17-16(11-14)26-19(29-17)20(2,3)28/h4-11,28H,1-3H3,(H,25,27). The first-order valence-corrected chi connectivity index (χ1v) is 9.55. The van der Waals surface area contributed by atoms with Gasteiger partial charge in [-0.1, -0.05) is 18.2 Å². The van der Waals surface area contributed by atoms with Crippen molar-refractivity contribution >= 4 is 39.2 Å². The van der Waals surface area contributed by atoms with Gasteiger partial charge >= 0.3 is 6.18 Å². The first-order valence-electron chi connectivity index (χ1n) is 8.74. The molecule has 0 aliphatic carbocycles. The molecule has 0 saturated heterocycles. The zero-order chi connectivity index (χ0) is 21.4. The summed E-state index contributed by atoms with van der Waals surface area (Å²) in [6.07, 6.45) is -3.26. The number of alkyl halides is 3. The Morgan fingerprint density at radius 2 is 1.90 bits per heavy atom. The Morgan fingerprint density at radius 3 is 2.52 bits per heavy atom. The van der Waals surface area contributed by atoms with Crippen LogP contribution in [0.2, 0.25) is 0 Å². The Morgan fingerprint density at radius 1 is 1.17 bits per heavy atom. The van der Waals surface area contributed by atoms with E-state index in [-0.39, 0.29) is 12.0 Å². The van der Waals surface area contributed by atoms with E-state index in [1.54, 1.807) is 32.9 Å². The summed E-state index contributed by atoms with van der Waals surface area (Å²) in [5.41, 5.74) is 1.44. The van der Waals surface area contributed by atoms with Crippen LogP contribution < -0.4 is 5.32 Å². The van der Waals surface area contributed by atoms with Crippen molar-refractivity contribution in [2.75, 3.05) is 5.32 Å². The number of benzene rings is 2. The Hall–Kier alpha value is -2.71. The fourth-order valence-corrected chi connectivity index (χ4v) is 3.65. The van der Waals surface area contributed by atoms with Crippen molar-refractivity contribution in [2.45, 2.75) is 32.5 Å². The largest absolute Gasteiger partial charge is 0.409 e. The summed E-state index contributed by atoms with van der Waals surface area (Å²) in [5.74, 6) is -0.369. The summed E-state index contributed by atoms with van der Waals surface area (Å²) in [4.78, 5) is 17.0. The highest BCUT2D eigenvalue weighted by molar-refractivity contribution is 7.18. The molecule has 0 bridgehead atoms. The second-order valence-electron chi connectivity index (χ2n) is 7.16. The van der Waals surface area contributed by atoms with Crippen LogP contribution in [-0.4, -0.2) is 22.2 Å². The molecular formula is C21H19F3N2O2S. The van der Waals surface area contributed by atoms with Gasteiger partial charge in [-0.05, 0) is 56.2 Å². The summed E-state index contributed by atoms with van der Waals surface area (Å²) >= 11 is 1.38. The number of nitrogens with one attached hydrogen (secondary N) is 1. The minimum absolute atomic E-state index is 0.159. The molecule has 0 spiro atoms. The molecule has 0 radical (unpaired) electrons. The van der Waals surface area contributed by atoms with Crippen molar-refractivity contribution in [3.05, 3.63) is 64.2 Å². The Kier molecular flexibility index (Phi) is 5.51. The number of fused-ring (bicyclic) bond motifs is 1. The number of aliphatic hydroxyl groups is 1. The lowest BCUT2D eigenvalue weighted by Gasteiger charge is -2.11. The summed E-state index contributed by atoms with van der Waals surface area (Å²) < 4.78 is 37.8. The van der Waals surface area contributed by atoms with Crippen LogP contribution in [0.3, 0.4) is 0 Å². The van der Waals surface area contributed by atoms with Gasteiger partial charge in [-0.15, -0.1) is 11.3 Å². The molecule has 3 aromatic rings. The number of anilines is 1. The van der Waals surface area contributed by atoms with Gasteiger partial charge in [0.2, 0.25) is 0 Å². The number of aromatic nitrogens is 1. The highest BCUT2D eigenvalue weighted by Crippen LogP contribution is 2.31. The number of carbonyl (C=O) groups excluding carboxylic acids is 1. The Labute approximate surface area is 169 Å². The zero-order valence-corrected chi connectivity index (χ0v) is 16.8. The fraction of sp³-hybridized carbons (Fsp3) is 0.238. The highest BCUT2D eigenvalue weighted by Gasteiger charge is 2.22. The lowest BCUT2D eigenvalue weighted by atomic mass is 10.0. The van der Waals surface area contributed by atoms with E-state index < -0.39 is 11.8 Å². The van der Waals surface area contributed by atoms with Crippen LogP contribution in [0.5, 0.6) is 0 Å². The van der Waals surface area contributed by atoms with Gasteiger partial charge in [-0.25, -0.2) is 4.98 Å². The predicted molar refractivity (Wildman–Crippen MR) is 109 cm³/mol. The van der Waals surface area contributed by atoms with Gasteiger partial charge in [0.15, 0.2) is 0 Å². The van der Waals surface area contributed by atoms with Crippen molar-refractivity contribution in [2.24, 2.45) is 0 Å². The van der Waals surface area contributed by atoms with Crippen molar-refractivity contribution in [3.63, 3.8) is 0 Å². The molecule has 0 aliphatic rings. The third-order valence-electron chi connectivity index (χ3n) is 4.13. The summed E-state index contributed by atoms with van der Waals surface area (Å²) in [5, 5.41) is 13.5. The SMILES string of the molecule is Cc1cc(C=CC(F)(F)F)ccc1C(=O)Nc1ccc2sc(C(C)(C)O)nc2c1. The molecule has 3 rings (SSSR count). The number of thiazole rings is 1. The lowest BCUT2D eigenvalue weighted by Crippen LogP contribution is -2.14. The number of rotatable bonds is 4. The molecule has 4 nitrogen and oxygen atoms in total. The molecular weight excluding hydrogens is 401 g/mol. The van der Waals surface area contributed by atoms with E-state index in [0.29, 0.717) is 32.9 Å². The molecule has 0 aliphatic heterocycles. The van der Waals surface area contributed by atoms with Gasteiger partial charge in [0.1, 0.15) is 10.6 Å². The third kappa shape index (κ3) is 5.21. The molecule has 0 atom stereocenters. The lowest BCUT2D eigenvalue weighted by molar-refractivity contribution is -0.0790. The van der Waals surface area contributed by atoms with Crippen molar-refractivity contribution in [1.29, 1.82) is 0 Å². The van der Waals surface area contributed by atoms with Gasteiger partial charge in [-0.3, -0.25) is 4.79 Å². The number of carbonyl (C=O) groups is 1. The van der Waals surface area contributed by atoms with E-state index in [1.807, 2.05) is 6.07 Å². The van der Waals surface area contributed by atoms with Gasteiger partial charge in [-0.2, -0.15) is 13.2 Å². The average Bonchev–Trinajstić information content (AvgIpc) is 3.03. The highest BCUT2D eigenvalue weighted by atomic mass is 32.1. The first-order chi connectivity index (χ1) is 13.4. The average molecular weight is 420 g/mol. The Bertz CT molecular complexity index is 1100. The van der Waals surface area contributed by atoms with Crippen molar-refractivity contribution in [1.82, 2.24) is 4.98 Å². The molecule has 1 aromatic heterocycles. The van der Waals surface area contributed by atoms with Crippen LogP contribution in [0.1, 0.15) is 40.3 Å². The van der Waals surface area contributed by atoms with E-state index in [1.165, 1.54) is 29.5 Å². The van der Waals surface area contributed by atoms with Crippen LogP contribution in [0.4, 0.5) is 18.9 Å². The second-order valence-corrected chi connectivity index (χ2v) is 8.19. The molecule has 0 saturated carbocycles. The summed E-state index contributed by atoms with van der Waals surface area (Å²) in [6, 6.07) is 9.75. The van der Waals surface area contributed by atoms with Crippen LogP contribution in [-0.2, 0) is 5.60 Å². The molecule has 1 heterocycles. The van der Waals surface area contributed by atoms with E-state index in [2.05, 4.69) is 10.3 Å². The molecule has 152 valence electrons. The molecule has 0 unspecified atom stereocenters. The molecule has 0 fully saturated rings. The van der Waals surface area contributed by atoms with Gasteiger partial charge in [0.05, 0.1) is 10.2 Å². The van der Waals surface area contributed by atoms with E-state index >= 15 is 0 Å². The number of halogens is 3. The number of hydrogen-bond acceptors (Lipinski definition) is 4. The van der Waals surface area contributed by atoms with Crippen molar-refractivity contribution < 1.29 is 23.1 Å². The number of nitrogens with zero attached hydrogens (tertiary/aromatic N) is 1. The maximum absolute atomic E-state index is 12.6. The molecule has 2 N–H and O–H groups in total. The normalized spacial score (nSPS) is 12.7. The van der Waals surface area contributed by atoms with Crippen LogP contribution in [0.25, 0.3) is 16.3 Å². The number of amides is 1. The minimum Gasteiger partial charge on any atom is -0.383 e. The van der Waals surface area contributed by atoms with Gasteiger partial charge in [0.25, 0.3) is 5.91 Å². The van der Waals surface area contributed by atoms with E-state index in [0.717, 1.165) is 10.8 Å². The number of hydrogen-bond donors (Lipinski definition) is 2. The van der Waals surface area contributed by atoms with Gasteiger partial charge in [0, 0.05) is 17.3 Å². The first kappa shape index (κ1) is 21.0.